The highest BCUT2D eigenvalue weighted by Gasteiger charge is 2.22. The van der Waals surface area contributed by atoms with Crippen molar-refractivity contribution in [2.24, 2.45) is 0 Å². The number of H-pyrrole nitrogens is 1. The summed E-state index contributed by atoms with van der Waals surface area (Å²) in [5.41, 5.74) is 5.06. The van der Waals surface area contributed by atoms with Gasteiger partial charge in [0.05, 0.1) is 19.4 Å². The molecule has 124 valence electrons. The van der Waals surface area contributed by atoms with Crippen LogP contribution >= 0.6 is 0 Å². The summed E-state index contributed by atoms with van der Waals surface area (Å²) in [6.45, 7) is 9.61. The molecule has 2 aromatic rings. The molecule has 3 rings (SSSR count). The van der Waals surface area contributed by atoms with Crippen molar-refractivity contribution < 1.29 is 4.74 Å². The van der Waals surface area contributed by atoms with Gasteiger partial charge in [-0.15, -0.1) is 0 Å². The van der Waals surface area contributed by atoms with Crippen LogP contribution in [-0.4, -0.2) is 47.9 Å². The Kier molecular flexibility index (Phi) is 5.43. The van der Waals surface area contributed by atoms with Gasteiger partial charge in [-0.2, -0.15) is 5.10 Å². The van der Waals surface area contributed by atoms with Gasteiger partial charge in [-0.3, -0.25) is 10.00 Å². The van der Waals surface area contributed by atoms with Crippen molar-refractivity contribution in [1.29, 1.82) is 0 Å². The zero-order valence-electron chi connectivity index (χ0n) is 14.0. The molecule has 23 heavy (non-hydrogen) atoms. The molecule has 5 nitrogen and oxygen atoms in total. The predicted molar refractivity (Wildman–Crippen MR) is 91.3 cm³/mol. The number of benzene rings is 1. The molecule has 1 aromatic carbocycles. The molecule has 0 saturated carbocycles. The molecule has 0 amide bonds. The van der Waals surface area contributed by atoms with Gasteiger partial charge < -0.3 is 10.1 Å². The zero-order valence-corrected chi connectivity index (χ0v) is 14.0. The Morgan fingerprint density at radius 2 is 2.13 bits per heavy atom. The number of ether oxygens (including phenoxy) is 1. The Morgan fingerprint density at radius 3 is 2.83 bits per heavy atom. The third-order valence-corrected chi connectivity index (χ3v) is 4.50. The minimum atomic E-state index is 0.381. The first-order valence-electron chi connectivity index (χ1n) is 8.32. The average Bonchev–Trinajstić information content (AvgIpc) is 2.97. The zero-order chi connectivity index (χ0) is 16.1. The fraction of sp³-hybridized carbons (Fsp3) is 0.500. The van der Waals surface area contributed by atoms with Crippen molar-refractivity contribution in [3.05, 3.63) is 52.8 Å². The summed E-state index contributed by atoms with van der Waals surface area (Å²) in [4.78, 5) is 2.52. The van der Waals surface area contributed by atoms with E-state index in [0.29, 0.717) is 6.04 Å². The molecule has 1 saturated heterocycles. The van der Waals surface area contributed by atoms with Gasteiger partial charge in [-0.1, -0.05) is 29.8 Å². The van der Waals surface area contributed by atoms with Gasteiger partial charge in [0.15, 0.2) is 0 Å². The lowest BCUT2D eigenvalue weighted by molar-refractivity contribution is 0.0161. The Balaban J connectivity index is 1.68. The lowest BCUT2D eigenvalue weighted by Gasteiger charge is -2.35. The number of aromatic amines is 1. The highest BCUT2D eigenvalue weighted by atomic mass is 16.5. The standard InChI is InChI=1S/C18H26N4O/c1-14-4-3-5-16(10-14)18(22-6-8-23-9-7-22)13-19-11-17-12-20-21-15(17)2/h3-5,10,12,18-19H,6-9,11,13H2,1-2H3,(H,20,21). The van der Waals surface area contributed by atoms with E-state index in [1.165, 1.54) is 16.7 Å². The van der Waals surface area contributed by atoms with Crippen LogP contribution in [0.4, 0.5) is 0 Å². The molecule has 0 radical (unpaired) electrons. The van der Waals surface area contributed by atoms with Crippen LogP contribution < -0.4 is 5.32 Å². The molecule has 1 aliphatic heterocycles. The summed E-state index contributed by atoms with van der Waals surface area (Å²) in [7, 11) is 0. The van der Waals surface area contributed by atoms with Gasteiger partial charge in [0.2, 0.25) is 0 Å². The van der Waals surface area contributed by atoms with Crippen molar-refractivity contribution in [3.8, 4) is 0 Å². The molecular formula is C18H26N4O. The van der Waals surface area contributed by atoms with E-state index in [1.807, 2.05) is 6.20 Å². The van der Waals surface area contributed by atoms with Crippen molar-refractivity contribution >= 4 is 0 Å². The summed E-state index contributed by atoms with van der Waals surface area (Å²) < 4.78 is 5.51. The van der Waals surface area contributed by atoms with E-state index < -0.39 is 0 Å². The van der Waals surface area contributed by atoms with Crippen molar-refractivity contribution in [2.45, 2.75) is 26.4 Å². The summed E-state index contributed by atoms with van der Waals surface area (Å²) in [5, 5.41) is 10.7. The number of hydrogen-bond donors (Lipinski definition) is 2. The maximum atomic E-state index is 5.51. The lowest BCUT2D eigenvalue weighted by atomic mass is 10.0. The van der Waals surface area contributed by atoms with E-state index in [-0.39, 0.29) is 0 Å². The quantitative estimate of drug-likeness (QED) is 0.858. The molecule has 0 bridgehead atoms. The topological polar surface area (TPSA) is 53.2 Å². The number of aryl methyl sites for hydroxylation is 2. The van der Waals surface area contributed by atoms with Gasteiger partial charge in [0, 0.05) is 43.5 Å². The monoisotopic (exact) mass is 314 g/mol. The van der Waals surface area contributed by atoms with Gasteiger partial charge in [0.25, 0.3) is 0 Å². The summed E-state index contributed by atoms with van der Waals surface area (Å²) in [5.74, 6) is 0. The van der Waals surface area contributed by atoms with Crippen molar-refractivity contribution in [2.75, 3.05) is 32.8 Å². The molecule has 1 aromatic heterocycles. The van der Waals surface area contributed by atoms with E-state index in [9.17, 15) is 0 Å². The number of morpholine rings is 1. The molecular weight excluding hydrogens is 288 g/mol. The second kappa shape index (κ2) is 7.73. The van der Waals surface area contributed by atoms with Crippen LogP contribution in [0, 0.1) is 13.8 Å². The first kappa shape index (κ1) is 16.2. The van der Waals surface area contributed by atoms with Crippen LogP contribution in [0.3, 0.4) is 0 Å². The molecule has 2 heterocycles. The van der Waals surface area contributed by atoms with E-state index in [1.54, 1.807) is 0 Å². The van der Waals surface area contributed by atoms with E-state index in [0.717, 1.165) is 45.1 Å². The molecule has 5 heteroatoms. The highest BCUT2D eigenvalue weighted by molar-refractivity contribution is 5.25. The minimum Gasteiger partial charge on any atom is -0.379 e. The van der Waals surface area contributed by atoms with Crippen molar-refractivity contribution in [1.82, 2.24) is 20.4 Å². The first-order valence-corrected chi connectivity index (χ1v) is 8.32. The largest absolute Gasteiger partial charge is 0.379 e. The third-order valence-electron chi connectivity index (χ3n) is 4.50. The van der Waals surface area contributed by atoms with Crippen LogP contribution in [0.1, 0.15) is 28.4 Å². The summed E-state index contributed by atoms with van der Waals surface area (Å²) in [6.07, 6.45) is 1.90. The van der Waals surface area contributed by atoms with Gasteiger partial charge in [-0.25, -0.2) is 0 Å². The fourth-order valence-corrected chi connectivity index (χ4v) is 3.12. The van der Waals surface area contributed by atoms with E-state index in [2.05, 4.69) is 58.5 Å². The summed E-state index contributed by atoms with van der Waals surface area (Å²) in [6, 6.07) is 9.22. The molecule has 1 aliphatic rings. The number of hydrogen-bond acceptors (Lipinski definition) is 4. The Morgan fingerprint density at radius 1 is 1.30 bits per heavy atom. The molecule has 1 fully saturated rings. The van der Waals surface area contributed by atoms with Gasteiger partial charge >= 0.3 is 0 Å². The van der Waals surface area contributed by atoms with E-state index in [4.69, 9.17) is 4.74 Å². The summed E-state index contributed by atoms with van der Waals surface area (Å²) >= 11 is 0. The Bertz CT molecular complexity index is 619. The molecule has 2 N–H and O–H groups in total. The smallest absolute Gasteiger partial charge is 0.0594 e. The predicted octanol–water partition coefficient (Wildman–Crippen LogP) is 2.19. The SMILES string of the molecule is Cc1cccc(C(CNCc2cn[nH]c2C)N2CCOCC2)c1. The molecule has 0 aliphatic carbocycles. The molecule has 0 spiro atoms. The lowest BCUT2D eigenvalue weighted by Crippen LogP contribution is -2.42. The third kappa shape index (κ3) is 4.19. The van der Waals surface area contributed by atoms with Crippen LogP contribution in [0.5, 0.6) is 0 Å². The number of rotatable bonds is 6. The van der Waals surface area contributed by atoms with Crippen LogP contribution in [0.15, 0.2) is 30.5 Å². The fourth-order valence-electron chi connectivity index (χ4n) is 3.12. The van der Waals surface area contributed by atoms with Crippen LogP contribution in [0.2, 0.25) is 0 Å². The maximum Gasteiger partial charge on any atom is 0.0594 e. The van der Waals surface area contributed by atoms with Gasteiger partial charge in [0.1, 0.15) is 0 Å². The first-order chi connectivity index (χ1) is 11.2. The number of nitrogens with zero attached hydrogens (tertiary/aromatic N) is 2. The molecule has 1 unspecified atom stereocenters. The minimum absolute atomic E-state index is 0.381. The molecule has 1 atom stereocenters. The second-order valence-corrected chi connectivity index (χ2v) is 6.23. The Hall–Kier alpha value is -1.69. The van der Waals surface area contributed by atoms with Crippen molar-refractivity contribution in [3.63, 3.8) is 0 Å². The Labute approximate surface area is 138 Å². The van der Waals surface area contributed by atoms with Crippen LogP contribution in [0.25, 0.3) is 0 Å². The normalized spacial score (nSPS) is 17.3. The van der Waals surface area contributed by atoms with E-state index >= 15 is 0 Å². The second-order valence-electron chi connectivity index (χ2n) is 6.23. The highest BCUT2D eigenvalue weighted by Crippen LogP contribution is 2.22. The van der Waals surface area contributed by atoms with Crippen LogP contribution in [-0.2, 0) is 11.3 Å². The van der Waals surface area contributed by atoms with Gasteiger partial charge in [-0.05, 0) is 19.4 Å². The average molecular weight is 314 g/mol. The maximum absolute atomic E-state index is 5.51. The number of nitrogens with one attached hydrogen (secondary N) is 2. The number of aromatic nitrogens is 2.